The van der Waals surface area contributed by atoms with Crippen LogP contribution in [0.25, 0.3) is 17.1 Å². The predicted octanol–water partition coefficient (Wildman–Crippen LogP) is 3.90. The molecular formula is C15H12ClN3. The molecule has 0 unspecified atom stereocenters. The van der Waals surface area contributed by atoms with Gasteiger partial charge in [0.2, 0.25) is 5.28 Å². The number of rotatable bonds is 2. The molecule has 0 radical (unpaired) electrons. The van der Waals surface area contributed by atoms with Crippen LogP contribution in [0.15, 0.2) is 54.6 Å². The molecule has 0 atom stereocenters. The number of nitrogens with zero attached hydrogens (tertiary/aromatic N) is 3. The Bertz CT molecular complexity index is 687. The number of benzene rings is 2. The van der Waals surface area contributed by atoms with Crippen LogP contribution in [0.3, 0.4) is 0 Å². The molecule has 0 N–H and O–H groups in total. The van der Waals surface area contributed by atoms with Crippen molar-refractivity contribution in [2.75, 3.05) is 0 Å². The van der Waals surface area contributed by atoms with Crippen molar-refractivity contribution in [3.8, 4) is 17.1 Å². The van der Waals surface area contributed by atoms with Gasteiger partial charge in [-0.15, -0.1) is 10.2 Å². The maximum Gasteiger partial charge on any atom is 0.229 e. The highest BCUT2D eigenvalue weighted by molar-refractivity contribution is 6.28. The monoisotopic (exact) mass is 269 g/mol. The minimum Gasteiger partial charge on any atom is -0.266 e. The smallest absolute Gasteiger partial charge is 0.229 e. The lowest BCUT2D eigenvalue weighted by molar-refractivity contribution is 1.06. The fourth-order valence-corrected chi connectivity index (χ4v) is 2.18. The Hall–Kier alpha value is -2.13. The Morgan fingerprint density at radius 3 is 2.26 bits per heavy atom. The molecule has 0 spiro atoms. The molecule has 2 aromatic carbocycles. The topological polar surface area (TPSA) is 30.7 Å². The van der Waals surface area contributed by atoms with Gasteiger partial charge in [-0.2, -0.15) is 0 Å². The molecule has 94 valence electrons. The largest absolute Gasteiger partial charge is 0.266 e. The molecule has 1 heterocycles. The molecule has 3 aromatic rings. The molecule has 19 heavy (non-hydrogen) atoms. The molecule has 0 aliphatic carbocycles. The highest BCUT2D eigenvalue weighted by atomic mass is 35.5. The Labute approximate surface area is 116 Å². The molecular weight excluding hydrogens is 258 g/mol. The van der Waals surface area contributed by atoms with Crippen LogP contribution in [0, 0.1) is 6.92 Å². The van der Waals surface area contributed by atoms with Crippen molar-refractivity contribution in [3.05, 3.63) is 65.4 Å². The average molecular weight is 270 g/mol. The van der Waals surface area contributed by atoms with E-state index in [4.69, 9.17) is 11.6 Å². The van der Waals surface area contributed by atoms with Crippen LogP contribution in [-0.4, -0.2) is 14.8 Å². The zero-order valence-corrected chi connectivity index (χ0v) is 11.2. The summed E-state index contributed by atoms with van der Waals surface area (Å²) in [5, 5.41) is 8.51. The van der Waals surface area contributed by atoms with Crippen LogP contribution in [0.4, 0.5) is 0 Å². The summed E-state index contributed by atoms with van der Waals surface area (Å²) in [6, 6.07) is 18.0. The van der Waals surface area contributed by atoms with Gasteiger partial charge in [0.15, 0.2) is 5.82 Å². The second-order valence-electron chi connectivity index (χ2n) is 4.33. The molecule has 0 fully saturated rings. The summed E-state index contributed by atoms with van der Waals surface area (Å²) in [6.07, 6.45) is 0. The van der Waals surface area contributed by atoms with Crippen molar-refractivity contribution < 1.29 is 0 Å². The average Bonchev–Trinajstić information content (AvgIpc) is 2.82. The maximum atomic E-state index is 6.15. The van der Waals surface area contributed by atoms with Gasteiger partial charge in [0.25, 0.3) is 0 Å². The number of aromatic nitrogens is 3. The van der Waals surface area contributed by atoms with E-state index < -0.39 is 0 Å². The summed E-state index contributed by atoms with van der Waals surface area (Å²) in [5.41, 5.74) is 3.16. The second kappa shape index (κ2) is 4.86. The number of para-hydroxylation sites is 1. The molecule has 0 saturated carbocycles. The van der Waals surface area contributed by atoms with E-state index >= 15 is 0 Å². The summed E-state index contributed by atoms with van der Waals surface area (Å²) in [6.45, 7) is 2.05. The van der Waals surface area contributed by atoms with Gasteiger partial charge >= 0.3 is 0 Å². The summed E-state index contributed by atoms with van der Waals surface area (Å²) in [7, 11) is 0. The zero-order chi connectivity index (χ0) is 13.2. The minimum atomic E-state index is 0.363. The van der Waals surface area contributed by atoms with E-state index in [9.17, 15) is 0 Å². The number of hydrogen-bond acceptors (Lipinski definition) is 2. The van der Waals surface area contributed by atoms with Gasteiger partial charge in [-0.1, -0.05) is 48.0 Å². The molecule has 0 amide bonds. The highest BCUT2D eigenvalue weighted by Crippen LogP contribution is 2.25. The molecule has 3 rings (SSSR count). The Kier molecular flexibility index (Phi) is 3.05. The van der Waals surface area contributed by atoms with Crippen molar-refractivity contribution in [3.63, 3.8) is 0 Å². The Balaban J connectivity index is 2.16. The standard InChI is InChI=1S/C15H12ClN3/c1-11-7-9-12(10-8-11)14-17-18-15(16)19(14)13-5-3-2-4-6-13/h2-10H,1H3. The van der Waals surface area contributed by atoms with E-state index in [0.29, 0.717) is 5.28 Å². The van der Waals surface area contributed by atoms with Gasteiger partial charge in [-0.05, 0) is 30.7 Å². The van der Waals surface area contributed by atoms with Crippen molar-refractivity contribution in [1.29, 1.82) is 0 Å². The lowest BCUT2D eigenvalue weighted by Gasteiger charge is -2.07. The van der Waals surface area contributed by atoms with E-state index in [1.807, 2.05) is 59.2 Å². The fourth-order valence-electron chi connectivity index (χ4n) is 1.96. The van der Waals surface area contributed by atoms with Gasteiger partial charge in [-0.25, -0.2) is 0 Å². The molecule has 1 aromatic heterocycles. The summed E-state index contributed by atoms with van der Waals surface area (Å²) >= 11 is 6.15. The second-order valence-corrected chi connectivity index (χ2v) is 4.67. The predicted molar refractivity (Wildman–Crippen MR) is 76.5 cm³/mol. The van der Waals surface area contributed by atoms with Crippen molar-refractivity contribution >= 4 is 11.6 Å². The Morgan fingerprint density at radius 2 is 1.58 bits per heavy atom. The lowest BCUT2D eigenvalue weighted by atomic mass is 10.1. The number of hydrogen-bond donors (Lipinski definition) is 0. The van der Waals surface area contributed by atoms with Gasteiger partial charge in [0, 0.05) is 5.56 Å². The fraction of sp³-hybridized carbons (Fsp3) is 0.0667. The first-order valence-corrected chi connectivity index (χ1v) is 6.37. The van der Waals surface area contributed by atoms with Crippen molar-refractivity contribution in [2.24, 2.45) is 0 Å². The van der Waals surface area contributed by atoms with Gasteiger partial charge in [0.1, 0.15) is 0 Å². The van der Waals surface area contributed by atoms with Gasteiger partial charge in [0.05, 0.1) is 5.69 Å². The van der Waals surface area contributed by atoms with Crippen LogP contribution in [0.5, 0.6) is 0 Å². The zero-order valence-electron chi connectivity index (χ0n) is 10.4. The van der Waals surface area contributed by atoms with E-state index in [2.05, 4.69) is 17.1 Å². The van der Waals surface area contributed by atoms with Crippen molar-refractivity contribution in [1.82, 2.24) is 14.8 Å². The van der Waals surface area contributed by atoms with E-state index in [-0.39, 0.29) is 0 Å². The molecule has 0 saturated heterocycles. The lowest BCUT2D eigenvalue weighted by Crippen LogP contribution is -1.97. The molecule has 0 aliphatic rings. The quantitative estimate of drug-likeness (QED) is 0.706. The molecule has 3 nitrogen and oxygen atoms in total. The summed E-state index contributed by atoms with van der Waals surface area (Å²) in [4.78, 5) is 0. The minimum absolute atomic E-state index is 0.363. The normalized spacial score (nSPS) is 10.6. The third-order valence-electron chi connectivity index (χ3n) is 2.95. The van der Waals surface area contributed by atoms with Crippen LogP contribution in [-0.2, 0) is 0 Å². The van der Waals surface area contributed by atoms with Crippen LogP contribution in [0.2, 0.25) is 5.28 Å². The SMILES string of the molecule is Cc1ccc(-c2nnc(Cl)n2-c2ccccc2)cc1. The van der Waals surface area contributed by atoms with E-state index in [0.717, 1.165) is 17.1 Å². The first-order chi connectivity index (χ1) is 9.25. The van der Waals surface area contributed by atoms with Crippen LogP contribution >= 0.6 is 11.6 Å². The van der Waals surface area contributed by atoms with Crippen LogP contribution in [0.1, 0.15) is 5.56 Å². The molecule has 0 bridgehead atoms. The third-order valence-corrected chi connectivity index (χ3v) is 3.19. The molecule has 4 heteroatoms. The number of aryl methyl sites for hydroxylation is 1. The number of halogens is 1. The summed E-state index contributed by atoms with van der Waals surface area (Å²) < 4.78 is 1.84. The highest BCUT2D eigenvalue weighted by Gasteiger charge is 2.13. The Morgan fingerprint density at radius 1 is 0.895 bits per heavy atom. The maximum absolute atomic E-state index is 6.15. The van der Waals surface area contributed by atoms with Crippen molar-refractivity contribution in [2.45, 2.75) is 6.92 Å². The third kappa shape index (κ3) is 2.25. The first-order valence-electron chi connectivity index (χ1n) is 5.99. The van der Waals surface area contributed by atoms with Gasteiger partial charge in [-0.3, -0.25) is 4.57 Å². The van der Waals surface area contributed by atoms with E-state index in [1.165, 1.54) is 5.56 Å². The van der Waals surface area contributed by atoms with Crippen LogP contribution < -0.4 is 0 Å². The molecule has 0 aliphatic heterocycles. The van der Waals surface area contributed by atoms with Gasteiger partial charge < -0.3 is 0 Å². The summed E-state index contributed by atoms with van der Waals surface area (Å²) in [5.74, 6) is 0.746. The van der Waals surface area contributed by atoms with E-state index in [1.54, 1.807) is 0 Å². The first kappa shape index (κ1) is 11.9.